The zero-order valence-corrected chi connectivity index (χ0v) is 15.0. The second kappa shape index (κ2) is 8.13. The summed E-state index contributed by atoms with van der Waals surface area (Å²) in [6.07, 6.45) is 2.68. The summed E-state index contributed by atoms with van der Waals surface area (Å²) in [5, 5.41) is 2.83. The molecule has 138 valence electrons. The number of likely N-dealkylation sites (tertiary alicyclic amines) is 1. The molecule has 1 fully saturated rings. The highest BCUT2D eigenvalue weighted by molar-refractivity contribution is 5.83. The third kappa shape index (κ3) is 4.80. The third-order valence-electron chi connectivity index (χ3n) is 4.40. The molecule has 1 aromatic heterocycles. The lowest BCUT2D eigenvalue weighted by atomic mass is 9.95. The van der Waals surface area contributed by atoms with Gasteiger partial charge in [0, 0.05) is 44.9 Å². The molecule has 1 saturated heterocycles. The summed E-state index contributed by atoms with van der Waals surface area (Å²) >= 11 is 0. The number of nitrogens with one attached hydrogen (secondary N) is 2. The second-order valence-corrected chi connectivity index (χ2v) is 6.95. The van der Waals surface area contributed by atoms with Gasteiger partial charge in [0.15, 0.2) is 0 Å². The van der Waals surface area contributed by atoms with Gasteiger partial charge in [0.25, 0.3) is 5.56 Å². The van der Waals surface area contributed by atoms with Gasteiger partial charge in [0.1, 0.15) is 0 Å². The van der Waals surface area contributed by atoms with Gasteiger partial charge in [-0.2, -0.15) is 0 Å². The molecule has 2 heterocycles. The molecule has 1 aliphatic rings. The van der Waals surface area contributed by atoms with Crippen LogP contribution in [0.4, 0.5) is 0 Å². The summed E-state index contributed by atoms with van der Waals surface area (Å²) < 4.78 is 1.01. The van der Waals surface area contributed by atoms with E-state index < -0.39 is 5.69 Å². The number of carbonyl (C=O) groups excluding carboxylic acids is 2. The van der Waals surface area contributed by atoms with Crippen molar-refractivity contribution in [2.45, 2.75) is 33.1 Å². The molecule has 0 aromatic carbocycles. The van der Waals surface area contributed by atoms with Crippen LogP contribution in [0, 0.1) is 11.8 Å². The lowest BCUT2D eigenvalue weighted by Gasteiger charge is -2.33. The third-order valence-corrected chi connectivity index (χ3v) is 4.40. The molecule has 2 amide bonds. The van der Waals surface area contributed by atoms with E-state index in [1.807, 2.05) is 13.8 Å². The van der Waals surface area contributed by atoms with Crippen molar-refractivity contribution >= 4 is 11.8 Å². The van der Waals surface area contributed by atoms with Crippen molar-refractivity contribution in [1.82, 2.24) is 19.8 Å². The largest absolute Gasteiger partial charge is 0.355 e. The molecule has 0 saturated carbocycles. The molecule has 8 nitrogen and oxygen atoms in total. The van der Waals surface area contributed by atoms with Gasteiger partial charge in [-0.1, -0.05) is 13.8 Å². The van der Waals surface area contributed by atoms with Crippen LogP contribution >= 0.6 is 0 Å². The lowest BCUT2D eigenvalue weighted by Crippen LogP contribution is -2.47. The quantitative estimate of drug-likeness (QED) is 0.730. The fraction of sp³-hybridized carbons (Fsp3) is 0.647. The average Bonchev–Trinajstić information content (AvgIpc) is 2.56. The highest BCUT2D eigenvalue weighted by Crippen LogP contribution is 2.18. The summed E-state index contributed by atoms with van der Waals surface area (Å²) in [4.78, 5) is 51.8. The Kier molecular flexibility index (Phi) is 6.17. The fourth-order valence-corrected chi connectivity index (χ4v) is 3.00. The van der Waals surface area contributed by atoms with Crippen molar-refractivity contribution in [2.24, 2.45) is 18.9 Å². The van der Waals surface area contributed by atoms with E-state index in [1.165, 1.54) is 13.2 Å². The number of aromatic amines is 1. The smallest absolute Gasteiger partial charge is 0.328 e. The Hall–Kier alpha value is -2.38. The molecule has 8 heteroatoms. The van der Waals surface area contributed by atoms with Crippen molar-refractivity contribution in [3.05, 3.63) is 32.6 Å². The highest BCUT2D eigenvalue weighted by atomic mass is 16.2. The first-order chi connectivity index (χ1) is 11.8. The van der Waals surface area contributed by atoms with Crippen molar-refractivity contribution < 1.29 is 9.59 Å². The van der Waals surface area contributed by atoms with Crippen LogP contribution in [0.5, 0.6) is 0 Å². The van der Waals surface area contributed by atoms with Crippen LogP contribution in [-0.2, 0) is 23.1 Å². The van der Waals surface area contributed by atoms with Crippen molar-refractivity contribution in [1.29, 1.82) is 0 Å². The molecule has 2 N–H and O–H groups in total. The maximum atomic E-state index is 12.3. The minimum Gasteiger partial charge on any atom is -0.355 e. The number of hydrogen-bond donors (Lipinski definition) is 2. The van der Waals surface area contributed by atoms with E-state index in [1.54, 1.807) is 4.90 Å². The number of aromatic nitrogens is 2. The molecule has 1 aliphatic heterocycles. The first kappa shape index (κ1) is 19.0. The Morgan fingerprint density at radius 1 is 1.36 bits per heavy atom. The molecular formula is C17H26N4O4. The normalized spacial score (nSPS) is 17.8. The van der Waals surface area contributed by atoms with Crippen LogP contribution in [0.15, 0.2) is 15.8 Å². The summed E-state index contributed by atoms with van der Waals surface area (Å²) in [6.45, 7) is 5.51. The van der Waals surface area contributed by atoms with Gasteiger partial charge < -0.3 is 15.2 Å². The molecule has 0 spiro atoms. The first-order valence-electron chi connectivity index (χ1n) is 8.62. The Morgan fingerprint density at radius 2 is 2.08 bits per heavy atom. The topological polar surface area (TPSA) is 104 Å². The summed E-state index contributed by atoms with van der Waals surface area (Å²) in [6, 6.07) is 0. The van der Waals surface area contributed by atoms with Crippen LogP contribution in [0.3, 0.4) is 0 Å². The Labute approximate surface area is 146 Å². The molecule has 0 unspecified atom stereocenters. The first-order valence-corrected chi connectivity index (χ1v) is 8.62. The summed E-state index contributed by atoms with van der Waals surface area (Å²) in [7, 11) is 1.41. The monoisotopic (exact) mass is 350 g/mol. The Bertz CT molecular complexity index is 750. The highest BCUT2D eigenvalue weighted by Gasteiger charge is 2.30. The zero-order chi connectivity index (χ0) is 18.6. The lowest BCUT2D eigenvalue weighted by molar-refractivity contribution is -0.138. The van der Waals surface area contributed by atoms with E-state index in [9.17, 15) is 19.2 Å². The predicted molar refractivity (Wildman–Crippen MR) is 93.2 cm³/mol. The molecule has 1 atom stereocenters. The molecular weight excluding hydrogens is 324 g/mol. The number of hydrogen-bond acceptors (Lipinski definition) is 4. The van der Waals surface area contributed by atoms with Gasteiger partial charge in [-0.25, -0.2) is 4.79 Å². The van der Waals surface area contributed by atoms with E-state index in [-0.39, 0.29) is 23.3 Å². The minimum atomic E-state index is -0.463. The van der Waals surface area contributed by atoms with Gasteiger partial charge >= 0.3 is 5.69 Å². The van der Waals surface area contributed by atoms with Gasteiger partial charge in [-0.15, -0.1) is 0 Å². The van der Waals surface area contributed by atoms with E-state index >= 15 is 0 Å². The van der Waals surface area contributed by atoms with Crippen molar-refractivity contribution in [3.63, 3.8) is 0 Å². The second-order valence-electron chi connectivity index (χ2n) is 6.95. The van der Waals surface area contributed by atoms with E-state index in [4.69, 9.17) is 0 Å². The molecule has 1 aromatic rings. The zero-order valence-electron chi connectivity index (χ0n) is 15.0. The number of piperidine rings is 1. The number of amides is 2. The van der Waals surface area contributed by atoms with Gasteiger partial charge in [-0.05, 0) is 18.8 Å². The maximum absolute atomic E-state index is 12.3. The minimum absolute atomic E-state index is 0.0949. The van der Waals surface area contributed by atoms with Crippen LogP contribution in [0.1, 0.15) is 32.3 Å². The number of H-pyrrole nitrogens is 1. The summed E-state index contributed by atoms with van der Waals surface area (Å²) in [5.74, 6) is 0.161. The maximum Gasteiger partial charge on any atom is 0.328 e. The Morgan fingerprint density at radius 3 is 2.76 bits per heavy atom. The SMILES string of the molecule is CC(C)CN1C[C@@H](C(=O)NCCc2c[nH]c(=O)n(C)c2=O)CCC1=O. The average molecular weight is 350 g/mol. The van der Waals surface area contributed by atoms with Crippen molar-refractivity contribution in [3.8, 4) is 0 Å². The van der Waals surface area contributed by atoms with E-state index in [0.717, 1.165) is 4.57 Å². The molecule has 0 aliphatic carbocycles. The van der Waals surface area contributed by atoms with E-state index in [0.29, 0.717) is 50.4 Å². The number of nitrogens with zero attached hydrogens (tertiary/aromatic N) is 2. The summed E-state index contributed by atoms with van der Waals surface area (Å²) in [5.41, 5.74) is -0.373. The van der Waals surface area contributed by atoms with Gasteiger partial charge in [-0.3, -0.25) is 19.0 Å². The van der Waals surface area contributed by atoms with Crippen LogP contribution in [-0.4, -0.2) is 45.9 Å². The molecule has 0 bridgehead atoms. The molecule has 0 radical (unpaired) electrons. The van der Waals surface area contributed by atoms with Crippen LogP contribution < -0.4 is 16.6 Å². The molecule has 2 rings (SSSR count). The fourth-order valence-electron chi connectivity index (χ4n) is 3.00. The number of rotatable bonds is 6. The number of carbonyl (C=O) groups is 2. The Balaban J connectivity index is 1.88. The predicted octanol–water partition coefficient (Wildman–Crippen LogP) is -0.373. The van der Waals surface area contributed by atoms with Crippen molar-refractivity contribution in [2.75, 3.05) is 19.6 Å². The molecule has 25 heavy (non-hydrogen) atoms. The van der Waals surface area contributed by atoms with Crippen LogP contribution in [0.25, 0.3) is 0 Å². The van der Waals surface area contributed by atoms with Gasteiger partial charge in [0.05, 0.1) is 5.92 Å². The van der Waals surface area contributed by atoms with Gasteiger partial charge in [0.2, 0.25) is 11.8 Å². The van der Waals surface area contributed by atoms with E-state index in [2.05, 4.69) is 10.3 Å². The van der Waals surface area contributed by atoms with Crippen LogP contribution in [0.2, 0.25) is 0 Å². The standard InChI is InChI=1S/C17H26N4O4/c1-11(2)9-21-10-13(4-5-14(21)22)15(23)18-7-6-12-8-19-17(25)20(3)16(12)24/h8,11,13H,4-7,9-10H2,1-3H3,(H,18,23)(H,19,25)/t13-/m0/s1.